The van der Waals surface area contributed by atoms with Crippen LogP contribution in [0.4, 0.5) is 0 Å². The Balaban J connectivity index is 2.61. The Morgan fingerprint density at radius 2 is 1.81 bits per heavy atom. The van der Waals surface area contributed by atoms with E-state index >= 15 is 0 Å². The quantitative estimate of drug-likeness (QED) is 0.701. The van der Waals surface area contributed by atoms with Crippen LogP contribution in [0.5, 0.6) is 0 Å². The van der Waals surface area contributed by atoms with E-state index in [0.717, 1.165) is 0 Å². The summed E-state index contributed by atoms with van der Waals surface area (Å²) in [7, 11) is -3.02. The maximum absolute atomic E-state index is 12.0. The predicted molar refractivity (Wildman–Crippen MR) is 64.8 cm³/mol. The summed E-state index contributed by atoms with van der Waals surface area (Å²) in [5.74, 6) is 0.203. The van der Waals surface area contributed by atoms with E-state index in [0.29, 0.717) is 31.3 Å². The molecule has 1 rings (SSSR count). The molecule has 1 saturated heterocycles. The first-order valence-corrected chi connectivity index (χ1v) is 8.00. The number of carbonyl (C=O) groups excluding carboxylic acids is 1. The standard InChI is InChI=1S/C9H15Cl2NO3S/c10-2-4-12(5-3-11)9(13)8-1-6-16(14,15)7-8/h8H,1-7H2. The average molecular weight is 288 g/mol. The van der Waals surface area contributed by atoms with Crippen LogP contribution in [0.15, 0.2) is 0 Å². The van der Waals surface area contributed by atoms with Crippen molar-refractivity contribution in [3.05, 3.63) is 0 Å². The second-order valence-corrected chi connectivity index (χ2v) is 6.79. The van der Waals surface area contributed by atoms with Gasteiger partial charge in [-0.15, -0.1) is 23.2 Å². The minimum atomic E-state index is -3.02. The van der Waals surface area contributed by atoms with Crippen molar-refractivity contribution < 1.29 is 13.2 Å². The van der Waals surface area contributed by atoms with Crippen LogP contribution in [0.25, 0.3) is 0 Å². The zero-order valence-corrected chi connectivity index (χ0v) is 11.2. The highest BCUT2D eigenvalue weighted by Gasteiger charge is 2.34. The number of hydrogen-bond donors (Lipinski definition) is 0. The van der Waals surface area contributed by atoms with E-state index < -0.39 is 15.8 Å². The van der Waals surface area contributed by atoms with Crippen molar-refractivity contribution in [2.45, 2.75) is 6.42 Å². The fourth-order valence-corrected chi connectivity index (χ4v) is 3.92. The lowest BCUT2D eigenvalue weighted by molar-refractivity contribution is -0.134. The summed E-state index contributed by atoms with van der Waals surface area (Å²) in [6.07, 6.45) is 0.419. The number of carbonyl (C=O) groups is 1. The first kappa shape index (κ1) is 14.1. The molecular weight excluding hydrogens is 273 g/mol. The van der Waals surface area contributed by atoms with Crippen LogP contribution in [-0.2, 0) is 14.6 Å². The molecule has 1 aliphatic heterocycles. The topological polar surface area (TPSA) is 54.5 Å². The van der Waals surface area contributed by atoms with Gasteiger partial charge in [0.1, 0.15) is 0 Å². The molecule has 0 spiro atoms. The lowest BCUT2D eigenvalue weighted by atomic mass is 10.1. The number of hydrogen-bond acceptors (Lipinski definition) is 3. The number of halogens is 2. The smallest absolute Gasteiger partial charge is 0.226 e. The lowest BCUT2D eigenvalue weighted by Gasteiger charge is -2.23. The van der Waals surface area contributed by atoms with Crippen molar-refractivity contribution in [1.29, 1.82) is 0 Å². The van der Waals surface area contributed by atoms with Crippen molar-refractivity contribution in [2.24, 2.45) is 5.92 Å². The zero-order valence-electron chi connectivity index (χ0n) is 8.86. The molecule has 0 radical (unpaired) electrons. The molecule has 4 nitrogen and oxygen atoms in total. The molecule has 0 aromatic rings. The van der Waals surface area contributed by atoms with Gasteiger partial charge in [0.15, 0.2) is 9.84 Å². The molecule has 1 amide bonds. The molecule has 1 aliphatic rings. The van der Waals surface area contributed by atoms with E-state index in [4.69, 9.17) is 23.2 Å². The van der Waals surface area contributed by atoms with Gasteiger partial charge >= 0.3 is 0 Å². The molecule has 1 heterocycles. The van der Waals surface area contributed by atoms with Crippen LogP contribution in [0.3, 0.4) is 0 Å². The van der Waals surface area contributed by atoms with Crippen LogP contribution in [0, 0.1) is 5.92 Å². The van der Waals surface area contributed by atoms with Crippen LogP contribution in [0.1, 0.15) is 6.42 Å². The third-order valence-electron chi connectivity index (χ3n) is 2.60. The minimum Gasteiger partial charge on any atom is -0.340 e. The van der Waals surface area contributed by atoms with Gasteiger partial charge in [-0.1, -0.05) is 0 Å². The third kappa shape index (κ3) is 3.79. The summed E-state index contributed by atoms with van der Waals surface area (Å²) < 4.78 is 22.5. The van der Waals surface area contributed by atoms with Gasteiger partial charge in [-0.05, 0) is 6.42 Å². The van der Waals surface area contributed by atoms with E-state index in [2.05, 4.69) is 0 Å². The number of nitrogens with zero attached hydrogens (tertiary/aromatic N) is 1. The van der Waals surface area contributed by atoms with Gasteiger partial charge < -0.3 is 4.90 Å². The fraction of sp³-hybridized carbons (Fsp3) is 0.889. The summed E-state index contributed by atoms with van der Waals surface area (Å²) in [5.41, 5.74) is 0. The second-order valence-electron chi connectivity index (χ2n) is 3.80. The first-order chi connectivity index (χ1) is 7.50. The van der Waals surface area contributed by atoms with Crippen molar-refractivity contribution in [3.8, 4) is 0 Å². The van der Waals surface area contributed by atoms with Gasteiger partial charge in [0.05, 0.1) is 17.4 Å². The van der Waals surface area contributed by atoms with Crippen LogP contribution in [0.2, 0.25) is 0 Å². The summed E-state index contributed by atoms with van der Waals surface area (Å²) in [6, 6.07) is 0. The third-order valence-corrected chi connectivity index (χ3v) is 4.71. The first-order valence-electron chi connectivity index (χ1n) is 5.11. The Morgan fingerprint density at radius 3 is 2.19 bits per heavy atom. The molecule has 7 heteroatoms. The molecule has 0 N–H and O–H groups in total. The summed E-state index contributed by atoms with van der Waals surface area (Å²) in [4.78, 5) is 13.5. The Bertz CT molecular complexity index is 339. The van der Waals surface area contributed by atoms with Gasteiger partial charge in [-0.2, -0.15) is 0 Å². The maximum Gasteiger partial charge on any atom is 0.226 e. The highest BCUT2D eigenvalue weighted by atomic mass is 35.5. The van der Waals surface area contributed by atoms with Gasteiger partial charge in [0.25, 0.3) is 0 Å². The Kier molecular flexibility index (Phi) is 5.34. The van der Waals surface area contributed by atoms with Gasteiger partial charge in [-0.25, -0.2) is 8.42 Å². The van der Waals surface area contributed by atoms with Gasteiger partial charge in [-0.3, -0.25) is 4.79 Å². The normalized spacial score (nSPS) is 23.2. The Labute approximate surface area is 106 Å². The SMILES string of the molecule is O=C(C1CCS(=O)(=O)C1)N(CCCl)CCCl. The number of rotatable bonds is 5. The summed E-state index contributed by atoms with van der Waals surface area (Å²) in [6.45, 7) is 0.841. The molecule has 16 heavy (non-hydrogen) atoms. The van der Waals surface area contributed by atoms with E-state index in [1.54, 1.807) is 4.90 Å². The largest absolute Gasteiger partial charge is 0.340 e. The van der Waals surface area contributed by atoms with Crippen molar-refractivity contribution in [1.82, 2.24) is 4.90 Å². The number of sulfone groups is 1. The number of alkyl halides is 2. The molecule has 1 unspecified atom stereocenters. The van der Waals surface area contributed by atoms with E-state index in [1.807, 2.05) is 0 Å². The van der Waals surface area contributed by atoms with Gasteiger partial charge in [0, 0.05) is 24.8 Å². The summed E-state index contributed by atoms with van der Waals surface area (Å²) in [5, 5.41) is 0. The lowest BCUT2D eigenvalue weighted by Crippen LogP contribution is -2.39. The highest BCUT2D eigenvalue weighted by molar-refractivity contribution is 7.91. The summed E-state index contributed by atoms with van der Waals surface area (Å²) >= 11 is 11.2. The predicted octanol–water partition coefficient (Wildman–Crippen LogP) is 0.727. The Hall–Kier alpha value is -0.000000000000000111. The fourth-order valence-electron chi connectivity index (χ4n) is 1.78. The van der Waals surface area contributed by atoms with E-state index in [1.165, 1.54) is 0 Å². The monoisotopic (exact) mass is 287 g/mol. The molecule has 0 aromatic carbocycles. The molecule has 0 aromatic heterocycles. The second kappa shape index (κ2) is 6.07. The molecule has 0 bridgehead atoms. The van der Waals surface area contributed by atoms with E-state index in [-0.39, 0.29) is 17.4 Å². The number of amides is 1. The van der Waals surface area contributed by atoms with Gasteiger partial charge in [0.2, 0.25) is 5.91 Å². The molecule has 0 saturated carbocycles. The molecule has 1 atom stereocenters. The van der Waals surface area contributed by atoms with E-state index in [9.17, 15) is 13.2 Å². The van der Waals surface area contributed by atoms with Crippen molar-refractivity contribution >= 4 is 38.9 Å². The molecule has 94 valence electrons. The molecule has 1 fully saturated rings. The average Bonchev–Trinajstić information content (AvgIpc) is 2.57. The zero-order chi connectivity index (χ0) is 12.2. The Morgan fingerprint density at radius 1 is 1.25 bits per heavy atom. The van der Waals surface area contributed by atoms with Crippen LogP contribution < -0.4 is 0 Å². The molecular formula is C9H15Cl2NO3S. The minimum absolute atomic E-state index is 0.0348. The van der Waals surface area contributed by atoms with Crippen molar-refractivity contribution in [2.75, 3.05) is 36.4 Å². The molecule has 0 aliphatic carbocycles. The van der Waals surface area contributed by atoms with Crippen molar-refractivity contribution in [3.63, 3.8) is 0 Å². The maximum atomic E-state index is 12.0. The van der Waals surface area contributed by atoms with Crippen LogP contribution >= 0.6 is 23.2 Å². The highest BCUT2D eigenvalue weighted by Crippen LogP contribution is 2.20. The van der Waals surface area contributed by atoms with Crippen LogP contribution in [-0.4, -0.2) is 55.6 Å².